The van der Waals surface area contributed by atoms with Crippen LogP contribution in [0.4, 0.5) is 5.69 Å². The first kappa shape index (κ1) is 18.6. The maximum absolute atomic E-state index is 11.3. The molecule has 1 aliphatic rings. The summed E-state index contributed by atoms with van der Waals surface area (Å²) in [7, 11) is 0. The third kappa shape index (κ3) is 4.93. The predicted molar refractivity (Wildman–Crippen MR) is 107 cm³/mol. The van der Waals surface area contributed by atoms with Crippen molar-refractivity contribution in [1.29, 1.82) is 0 Å². The number of likely N-dealkylation sites (tertiary alicyclic amines) is 1. The van der Waals surface area contributed by atoms with Gasteiger partial charge in [-0.25, -0.2) is 0 Å². The Kier molecular flexibility index (Phi) is 6.42. The molecule has 2 aromatic carbocycles. The second kappa shape index (κ2) is 8.97. The van der Waals surface area contributed by atoms with E-state index in [0.717, 1.165) is 12.2 Å². The highest BCUT2D eigenvalue weighted by Gasteiger charge is 2.23. The molecule has 138 valence electrons. The van der Waals surface area contributed by atoms with E-state index in [1.807, 2.05) is 18.2 Å². The number of hydrogen-bond donors (Lipinski definition) is 2. The molecule has 0 aliphatic carbocycles. The molecule has 2 atom stereocenters. The van der Waals surface area contributed by atoms with Gasteiger partial charge in [-0.3, -0.25) is 9.69 Å². The van der Waals surface area contributed by atoms with E-state index < -0.39 is 0 Å². The lowest BCUT2D eigenvalue weighted by molar-refractivity contribution is -0.114. The van der Waals surface area contributed by atoms with Crippen LogP contribution in [0.1, 0.15) is 49.9 Å². The van der Waals surface area contributed by atoms with E-state index in [4.69, 9.17) is 0 Å². The molecule has 26 heavy (non-hydrogen) atoms. The molecule has 0 bridgehead atoms. The van der Waals surface area contributed by atoms with Crippen LogP contribution < -0.4 is 10.6 Å². The Balaban J connectivity index is 1.67. The van der Waals surface area contributed by atoms with E-state index in [9.17, 15) is 4.79 Å². The fraction of sp³-hybridized carbons (Fsp3) is 0.409. The van der Waals surface area contributed by atoms with E-state index in [2.05, 4.69) is 58.9 Å². The normalized spacial score (nSPS) is 17.0. The van der Waals surface area contributed by atoms with Crippen molar-refractivity contribution in [1.82, 2.24) is 10.2 Å². The van der Waals surface area contributed by atoms with Crippen LogP contribution >= 0.6 is 0 Å². The summed E-state index contributed by atoms with van der Waals surface area (Å²) in [5.74, 6) is -0.0408. The standard InChI is InChI=1S/C22H29N3O/c1-17(20-11-8-12-21(15-20)24-18(2)26)23-16-22(25-13-6-7-14-25)19-9-4-3-5-10-19/h3-5,8-12,15,17,22-23H,6-7,13-14,16H2,1-2H3,(H,24,26). The maximum atomic E-state index is 11.3. The Bertz CT molecular complexity index is 710. The van der Waals surface area contributed by atoms with Crippen molar-refractivity contribution in [3.8, 4) is 0 Å². The average Bonchev–Trinajstić information content (AvgIpc) is 3.17. The van der Waals surface area contributed by atoms with Crippen molar-refractivity contribution in [3.05, 3.63) is 65.7 Å². The third-order valence-corrected chi connectivity index (χ3v) is 5.09. The number of rotatable bonds is 7. The summed E-state index contributed by atoms with van der Waals surface area (Å²) in [6, 6.07) is 19.5. The molecule has 0 aromatic heterocycles. The average molecular weight is 351 g/mol. The summed E-state index contributed by atoms with van der Waals surface area (Å²) in [4.78, 5) is 13.9. The molecule has 3 rings (SSSR count). The molecule has 4 heteroatoms. The maximum Gasteiger partial charge on any atom is 0.221 e. The molecule has 0 radical (unpaired) electrons. The molecule has 1 aliphatic heterocycles. The predicted octanol–water partition coefficient (Wildman–Crippen LogP) is 4.13. The van der Waals surface area contributed by atoms with Crippen molar-refractivity contribution in [2.45, 2.75) is 38.8 Å². The first-order valence-corrected chi connectivity index (χ1v) is 9.53. The first-order chi connectivity index (χ1) is 12.6. The van der Waals surface area contributed by atoms with Gasteiger partial charge in [0.05, 0.1) is 0 Å². The molecule has 2 N–H and O–H groups in total. The van der Waals surface area contributed by atoms with Gasteiger partial charge in [0.25, 0.3) is 0 Å². The van der Waals surface area contributed by atoms with Crippen LogP contribution in [0.5, 0.6) is 0 Å². The summed E-state index contributed by atoms with van der Waals surface area (Å²) in [6.07, 6.45) is 2.58. The Hall–Kier alpha value is -2.17. The van der Waals surface area contributed by atoms with Gasteiger partial charge in [0.15, 0.2) is 0 Å². The number of amides is 1. The van der Waals surface area contributed by atoms with Crippen molar-refractivity contribution >= 4 is 11.6 Å². The van der Waals surface area contributed by atoms with Crippen molar-refractivity contribution in [3.63, 3.8) is 0 Å². The minimum Gasteiger partial charge on any atom is -0.326 e. The van der Waals surface area contributed by atoms with E-state index in [-0.39, 0.29) is 11.9 Å². The van der Waals surface area contributed by atoms with E-state index in [1.54, 1.807) is 0 Å². The van der Waals surface area contributed by atoms with Gasteiger partial charge in [0.2, 0.25) is 5.91 Å². The second-order valence-electron chi connectivity index (χ2n) is 7.11. The lowest BCUT2D eigenvalue weighted by atomic mass is 10.0. The van der Waals surface area contributed by atoms with Gasteiger partial charge in [-0.05, 0) is 56.1 Å². The van der Waals surface area contributed by atoms with E-state index >= 15 is 0 Å². The molecule has 2 aromatic rings. The molecule has 1 heterocycles. The molecule has 1 amide bonds. The number of carbonyl (C=O) groups is 1. The number of carbonyl (C=O) groups excluding carboxylic acids is 1. The van der Waals surface area contributed by atoms with Crippen LogP contribution in [0.3, 0.4) is 0 Å². The van der Waals surface area contributed by atoms with Crippen LogP contribution in [0.2, 0.25) is 0 Å². The third-order valence-electron chi connectivity index (χ3n) is 5.09. The van der Waals surface area contributed by atoms with E-state index in [0.29, 0.717) is 6.04 Å². The Labute approximate surface area is 156 Å². The zero-order chi connectivity index (χ0) is 18.4. The fourth-order valence-corrected chi connectivity index (χ4v) is 3.68. The Morgan fingerprint density at radius 3 is 2.42 bits per heavy atom. The van der Waals surface area contributed by atoms with Crippen LogP contribution in [-0.4, -0.2) is 30.4 Å². The minimum atomic E-state index is -0.0408. The van der Waals surface area contributed by atoms with Crippen LogP contribution in [0.15, 0.2) is 54.6 Å². The first-order valence-electron chi connectivity index (χ1n) is 9.53. The highest BCUT2D eigenvalue weighted by atomic mass is 16.1. The van der Waals surface area contributed by atoms with Gasteiger partial charge in [0.1, 0.15) is 0 Å². The van der Waals surface area contributed by atoms with Crippen molar-refractivity contribution in [2.75, 3.05) is 25.0 Å². The lowest BCUT2D eigenvalue weighted by Crippen LogP contribution is -2.35. The Morgan fingerprint density at radius 1 is 1.04 bits per heavy atom. The number of benzene rings is 2. The number of nitrogens with zero attached hydrogens (tertiary/aromatic N) is 1. The number of nitrogens with one attached hydrogen (secondary N) is 2. The summed E-state index contributed by atoms with van der Waals surface area (Å²) in [6.45, 7) is 6.98. The zero-order valence-corrected chi connectivity index (χ0v) is 15.7. The summed E-state index contributed by atoms with van der Waals surface area (Å²) in [5.41, 5.74) is 3.41. The number of anilines is 1. The van der Waals surface area contributed by atoms with Crippen molar-refractivity contribution < 1.29 is 4.79 Å². The van der Waals surface area contributed by atoms with Gasteiger partial charge in [-0.1, -0.05) is 42.5 Å². The lowest BCUT2D eigenvalue weighted by Gasteiger charge is -2.29. The molecule has 0 saturated carbocycles. The molecule has 4 nitrogen and oxygen atoms in total. The minimum absolute atomic E-state index is 0.0408. The van der Waals surface area contributed by atoms with Gasteiger partial charge in [-0.15, -0.1) is 0 Å². The van der Waals surface area contributed by atoms with Crippen LogP contribution in [0, 0.1) is 0 Å². The highest BCUT2D eigenvalue weighted by Crippen LogP contribution is 2.26. The molecule has 0 spiro atoms. The molecule has 1 saturated heterocycles. The van der Waals surface area contributed by atoms with Crippen molar-refractivity contribution in [2.24, 2.45) is 0 Å². The fourth-order valence-electron chi connectivity index (χ4n) is 3.68. The summed E-state index contributed by atoms with van der Waals surface area (Å²) < 4.78 is 0. The molecule has 1 fully saturated rings. The number of hydrogen-bond acceptors (Lipinski definition) is 3. The van der Waals surface area contributed by atoms with Gasteiger partial charge in [-0.2, -0.15) is 0 Å². The van der Waals surface area contributed by atoms with Crippen LogP contribution in [-0.2, 0) is 4.79 Å². The second-order valence-corrected chi connectivity index (χ2v) is 7.11. The monoisotopic (exact) mass is 351 g/mol. The largest absolute Gasteiger partial charge is 0.326 e. The molecular weight excluding hydrogens is 322 g/mol. The highest BCUT2D eigenvalue weighted by molar-refractivity contribution is 5.88. The van der Waals surface area contributed by atoms with Crippen LogP contribution in [0.25, 0.3) is 0 Å². The summed E-state index contributed by atoms with van der Waals surface area (Å²) in [5, 5.41) is 6.56. The van der Waals surface area contributed by atoms with Gasteiger partial charge in [0, 0.05) is 31.2 Å². The Morgan fingerprint density at radius 2 is 1.73 bits per heavy atom. The quantitative estimate of drug-likeness (QED) is 0.788. The topological polar surface area (TPSA) is 44.4 Å². The van der Waals surface area contributed by atoms with Gasteiger partial charge >= 0.3 is 0 Å². The smallest absolute Gasteiger partial charge is 0.221 e. The summed E-state index contributed by atoms with van der Waals surface area (Å²) >= 11 is 0. The van der Waals surface area contributed by atoms with Gasteiger partial charge < -0.3 is 10.6 Å². The molecular formula is C22H29N3O. The van der Waals surface area contributed by atoms with E-state index in [1.165, 1.54) is 44.0 Å². The SMILES string of the molecule is CC(=O)Nc1cccc(C(C)NCC(c2ccccc2)N2CCCC2)c1. The molecule has 2 unspecified atom stereocenters. The zero-order valence-electron chi connectivity index (χ0n) is 15.7.